The molecule has 0 fully saturated rings. The molecular formula is C66H46Br4N4. The van der Waals surface area contributed by atoms with E-state index in [1.165, 1.54) is 0 Å². The molecule has 0 spiro atoms. The van der Waals surface area contributed by atoms with Crippen molar-refractivity contribution in [3.05, 3.63) is 297 Å². The molecule has 0 aromatic heterocycles. The van der Waals surface area contributed by atoms with Crippen LogP contribution >= 0.6 is 63.7 Å². The van der Waals surface area contributed by atoms with Gasteiger partial charge in [0.15, 0.2) is 0 Å². The molecular weight excluding hydrogens is 1170 g/mol. The van der Waals surface area contributed by atoms with Crippen LogP contribution in [0.15, 0.2) is 297 Å². The van der Waals surface area contributed by atoms with Crippen molar-refractivity contribution in [2.75, 3.05) is 19.6 Å². The average molecular weight is 1210 g/mol. The Morgan fingerprint density at radius 1 is 0.176 bits per heavy atom. The predicted molar refractivity (Wildman–Crippen MR) is 327 cm³/mol. The Morgan fingerprint density at radius 2 is 0.324 bits per heavy atom. The van der Waals surface area contributed by atoms with Crippen molar-refractivity contribution in [1.29, 1.82) is 0 Å². The molecule has 358 valence electrons. The van der Waals surface area contributed by atoms with Crippen LogP contribution < -0.4 is 19.6 Å². The first-order chi connectivity index (χ1) is 36.4. The number of hydrogen-bond donors (Lipinski definition) is 0. The Labute approximate surface area is 467 Å². The molecule has 11 aromatic rings. The molecule has 11 rings (SSSR count). The second-order valence-electron chi connectivity index (χ2n) is 17.5. The van der Waals surface area contributed by atoms with Gasteiger partial charge in [-0.15, -0.1) is 0 Å². The minimum atomic E-state index is 0.930. The van der Waals surface area contributed by atoms with Gasteiger partial charge < -0.3 is 19.6 Å². The number of rotatable bonds is 14. The maximum atomic E-state index is 4.17. The van der Waals surface area contributed by atoms with Crippen molar-refractivity contribution < 1.29 is 0 Å². The van der Waals surface area contributed by atoms with Gasteiger partial charge in [-0.25, -0.2) is 0 Å². The van der Waals surface area contributed by atoms with E-state index in [2.05, 4.69) is 362 Å². The van der Waals surface area contributed by atoms with Gasteiger partial charge in [-0.1, -0.05) is 209 Å². The summed E-state index contributed by atoms with van der Waals surface area (Å²) < 4.78 is 3.73. The first kappa shape index (κ1) is 48.8. The molecule has 0 radical (unpaired) electrons. The fourth-order valence-corrected chi connectivity index (χ4v) is 11.7. The lowest BCUT2D eigenvalue weighted by atomic mass is 9.97. The van der Waals surface area contributed by atoms with E-state index in [0.717, 1.165) is 108 Å². The van der Waals surface area contributed by atoms with Gasteiger partial charge in [-0.2, -0.15) is 0 Å². The third-order valence-corrected chi connectivity index (χ3v) is 15.5. The topological polar surface area (TPSA) is 13.0 Å². The lowest BCUT2D eigenvalue weighted by Crippen LogP contribution is -2.17. The molecule has 11 aromatic carbocycles. The average Bonchev–Trinajstić information content (AvgIpc) is 3.45. The van der Waals surface area contributed by atoms with E-state index in [4.69, 9.17) is 0 Å². The van der Waals surface area contributed by atoms with E-state index in [1.807, 2.05) is 0 Å². The van der Waals surface area contributed by atoms with Crippen LogP contribution in [0, 0.1) is 0 Å². The van der Waals surface area contributed by atoms with E-state index >= 15 is 0 Å². The fourth-order valence-electron chi connectivity index (χ4n) is 9.52. The van der Waals surface area contributed by atoms with Crippen LogP contribution in [0.4, 0.5) is 68.2 Å². The zero-order valence-electron chi connectivity index (χ0n) is 39.9. The van der Waals surface area contributed by atoms with Crippen molar-refractivity contribution in [2.24, 2.45) is 0 Å². The summed E-state index contributed by atoms with van der Waals surface area (Å²) in [7, 11) is 0. The molecule has 0 aliphatic carbocycles. The predicted octanol–water partition coefficient (Wildman–Crippen LogP) is 21.9. The Morgan fingerprint density at radius 3 is 0.514 bits per heavy atom. The van der Waals surface area contributed by atoms with E-state index in [0.29, 0.717) is 0 Å². The largest absolute Gasteiger partial charge is 0.308 e. The third kappa shape index (κ3) is 10.1. The zero-order valence-corrected chi connectivity index (χ0v) is 46.2. The molecule has 0 amide bonds. The van der Waals surface area contributed by atoms with Crippen LogP contribution in [-0.4, -0.2) is 0 Å². The molecule has 0 N–H and O–H groups in total. The molecule has 0 atom stereocenters. The number of anilines is 12. The summed E-state index contributed by atoms with van der Waals surface area (Å²) in [5.74, 6) is 0. The summed E-state index contributed by atoms with van der Waals surface area (Å²) in [6.07, 6.45) is 0. The molecule has 8 heteroatoms. The van der Waals surface area contributed by atoms with Gasteiger partial charge in [0, 0.05) is 63.4 Å². The van der Waals surface area contributed by atoms with E-state index in [9.17, 15) is 0 Å². The summed E-state index contributed by atoms with van der Waals surface area (Å²) in [5.41, 5.74) is 16.3. The number of benzene rings is 11. The normalized spacial score (nSPS) is 11.0. The van der Waals surface area contributed by atoms with E-state index < -0.39 is 0 Å². The van der Waals surface area contributed by atoms with Gasteiger partial charge in [0.1, 0.15) is 0 Å². The standard InChI is InChI=1S/C66H46Br4N4/c67-59-42-56(58-44-64(72(49-29-13-3-14-30-49)50-31-15-4-16-32-50)66(46-62(58)70)74(53-37-21-7-22-38-53)54-39-23-8-24-40-54)60(68)41-55(59)57-43-63(71(47-25-9-1-10-26-47)48-27-11-2-12-28-48)65(45-61(57)69)73(51-33-17-5-18-34-51)52-35-19-6-20-36-52/h1-46H. The highest BCUT2D eigenvalue weighted by molar-refractivity contribution is 9.11. The van der Waals surface area contributed by atoms with E-state index in [-0.39, 0.29) is 0 Å². The van der Waals surface area contributed by atoms with Crippen LogP contribution in [0.25, 0.3) is 22.3 Å². The van der Waals surface area contributed by atoms with Gasteiger partial charge in [0.2, 0.25) is 0 Å². The number of nitrogens with zero attached hydrogens (tertiary/aromatic N) is 4. The summed E-state index contributed by atoms with van der Waals surface area (Å²) in [6, 6.07) is 98.3. The van der Waals surface area contributed by atoms with Gasteiger partial charge in [-0.05, 0) is 156 Å². The zero-order chi connectivity index (χ0) is 50.4. The Bertz CT molecular complexity index is 3250. The van der Waals surface area contributed by atoms with Gasteiger partial charge in [0.25, 0.3) is 0 Å². The third-order valence-electron chi connectivity index (χ3n) is 12.8. The first-order valence-electron chi connectivity index (χ1n) is 24.2. The van der Waals surface area contributed by atoms with Crippen LogP contribution in [0.2, 0.25) is 0 Å². The van der Waals surface area contributed by atoms with Crippen LogP contribution in [0.5, 0.6) is 0 Å². The minimum absolute atomic E-state index is 0.930. The molecule has 74 heavy (non-hydrogen) atoms. The van der Waals surface area contributed by atoms with Crippen LogP contribution in [0.3, 0.4) is 0 Å². The van der Waals surface area contributed by atoms with Crippen molar-refractivity contribution in [2.45, 2.75) is 0 Å². The highest BCUT2D eigenvalue weighted by Gasteiger charge is 2.28. The van der Waals surface area contributed by atoms with Crippen molar-refractivity contribution in [3.8, 4) is 22.3 Å². The maximum absolute atomic E-state index is 4.17. The Balaban J connectivity index is 1.13. The molecule has 0 saturated heterocycles. The van der Waals surface area contributed by atoms with Gasteiger partial charge in [-0.3, -0.25) is 0 Å². The monoisotopic (exact) mass is 1210 g/mol. The summed E-state index contributed by atoms with van der Waals surface area (Å²) >= 11 is 16.6. The molecule has 0 aliphatic heterocycles. The lowest BCUT2D eigenvalue weighted by molar-refractivity contribution is 1.22. The van der Waals surface area contributed by atoms with Crippen LogP contribution in [0.1, 0.15) is 0 Å². The quantitative estimate of drug-likeness (QED) is 0.108. The van der Waals surface area contributed by atoms with Crippen molar-refractivity contribution in [1.82, 2.24) is 0 Å². The Hall–Kier alpha value is -7.46. The molecule has 0 unspecified atom stereocenters. The minimum Gasteiger partial charge on any atom is -0.308 e. The number of hydrogen-bond acceptors (Lipinski definition) is 4. The highest BCUT2D eigenvalue weighted by Crippen LogP contribution is 2.53. The molecule has 0 bridgehead atoms. The maximum Gasteiger partial charge on any atom is 0.0714 e. The highest BCUT2D eigenvalue weighted by atomic mass is 79.9. The number of halogens is 4. The summed E-state index contributed by atoms with van der Waals surface area (Å²) in [6.45, 7) is 0. The van der Waals surface area contributed by atoms with Crippen LogP contribution in [-0.2, 0) is 0 Å². The van der Waals surface area contributed by atoms with E-state index in [1.54, 1.807) is 0 Å². The second kappa shape index (κ2) is 22.3. The van der Waals surface area contributed by atoms with Crippen molar-refractivity contribution in [3.63, 3.8) is 0 Å². The number of para-hydroxylation sites is 8. The summed E-state index contributed by atoms with van der Waals surface area (Å²) in [5, 5.41) is 0. The molecule has 0 aliphatic rings. The molecule has 0 saturated carbocycles. The fraction of sp³-hybridized carbons (Fsp3) is 0. The van der Waals surface area contributed by atoms with Crippen molar-refractivity contribution >= 4 is 132 Å². The molecule has 0 heterocycles. The smallest absolute Gasteiger partial charge is 0.0714 e. The first-order valence-corrected chi connectivity index (χ1v) is 27.4. The Kier molecular flexibility index (Phi) is 14.7. The van der Waals surface area contributed by atoms with Gasteiger partial charge in [0.05, 0.1) is 22.7 Å². The SMILES string of the molecule is Brc1cc(-c2cc(N(c3ccccc3)c3ccccc3)c(N(c3ccccc3)c3ccccc3)cc2Br)c(Br)cc1-c1cc(N(c2ccccc2)c2ccccc2)c(N(c2ccccc2)c2ccccc2)cc1Br. The molecule has 4 nitrogen and oxygen atoms in total. The van der Waals surface area contributed by atoms with Gasteiger partial charge >= 0.3 is 0 Å². The lowest BCUT2D eigenvalue weighted by Gasteiger charge is -2.34. The summed E-state index contributed by atoms with van der Waals surface area (Å²) in [4.78, 5) is 9.36. The second-order valence-corrected chi connectivity index (χ2v) is 20.9.